The minimum atomic E-state index is -0.411. The molecule has 0 radical (unpaired) electrons. The number of carbonyl (C=O) groups excluding carboxylic acids is 1. The first-order chi connectivity index (χ1) is 10.2. The summed E-state index contributed by atoms with van der Waals surface area (Å²) in [6, 6.07) is 9.03. The summed E-state index contributed by atoms with van der Waals surface area (Å²) in [4.78, 5) is 11.9. The fourth-order valence-electron chi connectivity index (χ4n) is 2.64. The molecule has 1 aromatic rings. The third kappa shape index (κ3) is 4.43. The first kappa shape index (κ1) is 15.8. The van der Waals surface area contributed by atoms with Crippen LogP contribution in [0.5, 0.6) is 0 Å². The van der Waals surface area contributed by atoms with E-state index in [1.165, 1.54) is 0 Å². The van der Waals surface area contributed by atoms with Crippen LogP contribution in [0.3, 0.4) is 0 Å². The molecule has 0 heterocycles. The molecule has 0 amide bonds. The standard InChI is InChI=1S/C18H24O3/c1-2-3-5-10-17(19)16-12-11-15(16)13-21-18(20)14-8-6-4-7-9-14/h4-10,15-17,19H,2-3,11-13H2,1H3/b10-5+/t15-,16+,17?/m0/s1. The van der Waals surface area contributed by atoms with Crippen LogP contribution in [0.1, 0.15) is 43.0 Å². The second-order valence-corrected chi connectivity index (χ2v) is 5.67. The summed E-state index contributed by atoms with van der Waals surface area (Å²) in [5, 5.41) is 10.1. The Labute approximate surface area is 126 Å². The second kappa shape index (κ2) is 7.99. The minimum absolute atomic E-state index is 0.224. The third-order valence-corrected chi connectivity index (χ3v) is 4.14. The highest BCUT2D eigenvalue weighted by Gasteiger charge is 2.35. The van der Waals surface area contributed by atoms with Crippen molar-refractivity contribution in [2.24, 2.45) is 11.8 Å². The van der Waals surface area contributed by atoms with Crippen molar-refractivity contribution in [3.05, 3.63) is 48.0 Å². The van der Waals surface area contributed by atoms with E-state index in [0.29, 0.717) is 12.2 Å². The van der Waals surface area contributed by atoms with Crippen LogP contribution in [0.2, 0.25) is 0 Å². The quantitative estimate of drug-likeness (QED) is 0.616. The molecular weight excluding hydrogens is 264 g/mol. The van der Waals surface area contributed by atoms with Gasteiger partial charge < -0.3 is 9.84 Å². The fourth-order valence-corrected chi connectivity index (χ4v) is 2.64. The van der Waals surface area contributed by atoms with Crippen LogP contribution in [0.4, 0.5) is 0 Å². The molecule has 0 bridgehead atoms. The van der Waals surface area contributed by atoms with Gasteiger partial charge in [-0.15, -0.1) is 0 Å². The second-order valence-electron chi connectivity index (χ2n) is 5.67. The Morgan fingerprint density at radius 1 is 1.38 bits per heavy atom. The topological polar surface area (TPSA) is 46.5 Å². The van der Waals surface area contributed by atoms with E-state index in [0.717, 1.165) is 25.7 Å². The predicted octanol–water partition coefficient (Wildman–Crippen LogP) is 3.59. The van der Waals surface area contributed by atoms with E-state index in [9.17, 15) is 9.90 Å². The summed E-state index contributed by atoms with van der Waals surface area (Å²) >= 11 is 0. The molecule has 2 rings (SSSR count). The maximum atomic E-state index is 11.9. The number of ether oxygens (including phenoxy) is 1. The zero-order valence-corrected chi connectivity index (χ0v) is 12.6. The Bertz CT molecular complexity index is 467. The van der Waals surface area contributed by atoms with Crippen LogP contribution >= 0.6 is 0 Å². The lowest BCUT2D eigenvalue weighted by Gasteiger charge is -2.38. The molecule has 0 aliphatic heterocycles. The Hall–Kier alpha value is -1.61. The number of aliphatic hydroxyl groups is 1. The van der Waals surface area contributed by atoms with Gasteiger partial charge in [0, 0.05) is 0 Å². The Balaban J connectivity index is 1.77. The summed E-state index contributed by atoms with van der Waals surface area (Å²) < 4.78 is 5.36. The average Bonchev–Trinajstić information content (AvgIpc) is 2.47. The van der Waals surface area contributed by atoms with Crippen molar-refractivity contribution in [2.45, 2.75) is 38.7 Å². The summed E-state index contributed by atoms with van der Waals surface area (Å²) in [5.41, 5.74) is 0.580. The lowest BCUT2D eigenvalue weighted by atomic mass is 9.71. The molecule has 0 aromatic heterocycles. The maximum absolute atomic E-state index is 11.9. The van der Waals surface area contributed by atoms with Gasteiger partial charge in [-0.2, -0.15) is 0 Å². The summed E-state index contributed by atoms with van der Waals surface area (Å²) in [6.45, 7) is 2.52. The van der Waals surface area contributed by atoms with Gasteiger partial charge >= 0.3 is 5.97 Å². The van der Waals surface area contributed by atoms with Crippen LogP contribution in [-0.4, -0.2) is 23.8 Å². The lowest BCUT2D eigenvalue weighted by molar-refractivity contribution is -0.00783. The van der Waals surface area contributed by atoms with Crippen molar-refractivity contribution in [1.29, 1.82) is 0 Å². The van der Waals surface area contributed by atoms with E-state index in [4.69, 9.17) is 4.74 Å². The fraction of sp³-hybridized carbons (Fsp3) is 0.500. The van der Waals surface area contributed by atoms with Crippen molar-refractivity contribution < 1.29 is 14.6 Å². The molecule has 1 aliphatic carbocycles. The Morgan fingerprint density at radius 2 is 2.14 bits per heavy atom. The zero-order chi connectivity index (χ0) is 15.1. The highest BCUT2D eigenvalue weighted by Crippen LogP contribution is 2.37. The van der Waals surface area contributed by atoms with Gasteiger partial charge in [0.25, 0.3) is 0 Å². The molecule has 1 saturated carbocycles. The van der Waals surface area contributed by atoms with Crippen molar-refractivity contribution in [3.63, 3.8) is 0 Å². The molecule has 1 fully saturated rings. The number of hydrogen-bond donors (Lipinski definition) is 1. The summed E-state index contributed by atoms with van der Waals surface area (Å²) in [5.74, 6) is 0.220. The molecule has 3 atom stereocenters. The maximum Gasteiger partial charge on any atom is 0.338 e. The van der Waals surface area contributed by atoms with E-state index in [1.807, 2.05) is 30.4 Å². The number of unbranched alkanes of at least 4 members (excludes halogenated alkanes) is 1. The molecule has 0 saturated heterocycles. The van der Waals surface area contributed by atoms with E-state index in [1.54, 1.807) is 12.1 Å². The zero-order valence-electron chi connectivity index (χ0n) is 12.6. The van der Waals surface area contributed by atoms with E-state index in [2.05, 4.69) is 6.92 Å². The highest BCUT2D eigenvalue weighted by atomic mass is 16.5. The largest absolute Gasteiger partial charge is 0.462 e. The van der Waals surface area contributed by atoms with E-state index in [-0.39, 0.29) is 17.8 Å². The normalized spacial score (nSPS) is 22.8. The first-order valence-electron chi connectivity index (χ1n) is 7.79. The Kier molecular flexibility index (Phi) is 6.00. The van der Waals surface area contributed by atoms with Gasteiger partial charge in [-0.3, -0.25) is 0 Å². The molecule has 1 unspecified atom stereocenters. The molecular formula is C18H24O3. The van der Waals surface area contributed by atoms with Crippen molar-refractivity contribution in [2.75, 3.05) is 6.61 Å². The molecule has 0 spiro atoms. The van der Waals surface area contributed by atoms with Crippen molar-refractivity contribution in [3.8, 4) is 0 Å². The monoisotopic (exact) mass is 288 g/mol. The number of hydrogen-bond acceptors (Lipinski definition) is 3. The van der Waals surface area contributed by atoms with E-state index >= 15 is 0 Å². The van der Waals surface area contributed by atoms with Crippen molar-refractivity contribution in [1.82, 2.24) is 0 Å². The van der Waals surface area contributed by atoms with Crippen LogP contribution in [-0.2, 0) is 4.74 Å². The molecule has 3 heteroatoms. The predicted molar refractivity (Wildman–Crippen MR) is 83.0 cm³/mol. The first-order valence-corrected chi connectivity index (χ1v) is 7.79. The number of rotatable bonds is 7. The van der Waals surface area contributed by atoms with Gasteiger partial charge in [-0.25, -0.2) is 4.79 Å². The number of esters is 1. The molecule has 1 aliphatic rings. The molecule has 1 N–H and O–H groups in total. The average molecular weight is 288 g/mol. The van der Waals surface area contributed by atoms with Crippen LogP contribution < -0.4 is 0 Å². The van der Waals surface area contributed by atoms with Crippen molar-refractivity contribution >= 4 is 5.97 Å². The van der Waals surface area contributed by atoms with Gasteiger partial charge in [0.2, 0.25) is 0 Å². The smallest absolute Gasteiger partial charge is 0.338 e. The summed E-state index contributed by atoms with van der Waals surface area (Å²) in [7, 11) is 0. The molecule has 21 heavy (non-hydrogen) atoms. The van der Waals surface area contributed by atoms with Crippen LogP contribution in [0, 0.1) is 11.8 Å². The summed E-state index contributed by atoms with van der Waals surface area (Å²) in [6.07, 6.45) is 7.63. The molecule has 114 valence electrons. The highest BCUT2D eigenvalue weighted by molar-refractivity contribution is 5.89. The third-order valence-electron chi connectivity index (χ3n) is 4.14. The number of allylic oxidation sites excluding steroid dienone is 1. The van der Waals surface area contributed by atoms with Gasteiger partial charge in [-0.1, -0.05) is 43.7 Å². The van der Waals surface area contributed by atoms with Gasteiger partial charge in [0.05, 0.1) is 18.3 Å². The SMILES string of the molecule is CCC/C=C/C(O)[C@@H]1CC[C@H]1COC(=O)c1ccccc1. The number of carbonyl (C=O) groups is 1. The van der Waals surface area contributed by atoms with Crippen LogP contribution in [0.25, 0.3) is 0 Å². The van der Waals surface area contributed by atoms with E-state index < -0.39 is 6.10 Å². The minimum Gasteiger partial charge on any atom is -0.462 e. The van der Waals surface area contributed by atoms with Gasteiger partial charge in [0.15, 0.2) is 0 Å². The molecule has 1 aromatic carbocycles. The Morgan fingerprint density at radius 3 is 2.76 bits per heavy atom. The van der Waals surface area contributed by atoms with Gasteiger partial charge in [0.1, 0.15) is 0 Å². The van der Waals surface area contributed by atoms with Crippen LogP contribution in [0.15, 0.2) is 42.5 Å². The number of benzene rings is 1. The van der Waals surface area contributed by atoms with Gasteiger partial charge in [-0.05, 0) is 43.2 Å². The number of aliphatic hydroxyl groups excluding tert-OH is 1. The lowest BCUT2D eigenvalue weighted by Crippen LogP contribution is -2.38. The molecule has 3 nitrogen and oxygen atoms in total.